The number of amides is 1. The summed E-state index contributed by atoms with van der Waals surface area (Å²) in [4.78, 5) is 12.1. The lowest BCUT2D eigenvalue weighted by Crippen LogP contribution is -2.29. The van der Waals surface area contributed by atoms with Gasteiger partial charge in [0.2, 0.25) is 0 Å². The van der Waals surface area contributed by atoms with Crippen molar-refractivity contribution in [3.8, 4) is 11.8 Å². The molecule has 2 N–H and O–H groups in total. The molecule has 0 unspecified atom stereocenters. The van der Waals surface area contributed by atoms with E-state index in [4.69, 9.17) is 5.11 Å². The van der Waals surface area contributed by atoms with Gasteiger partial charge in [0, 0.05) is 24.1 Å². The van der Waals surface area contributed by atoms with Crippen LogP contribution in [0, 0.1) is 24.2 Å². The van der Waals surface area contributed by atoms with Crippen molar-refractivity contribution in [1.82, 2.24) is 5.32 Å². The van der Waals surface area contributed by atoms with Crippen LogP contribution in [0.5, 0.6) is 0 Å². The molecule has 0 bridgehead atoms. The van der Waals surface area contributed by atoms with Crippen molar-refractivity contribution in [3.05, 3.63) is 34.9 Å². The lowest BCUT2D eigenvalue weighted by atomic mass is 10.0. The predicted molar refractivity (Wildman–Crippen MR) is 79.4 cm³/mol. The normalized spacial score (nSPS) is 15.2. The Morgan fingerprint density at radius 3 is 2.80 bits per heavy atom. The molecule has 1 fully saturated rings. The number of hydrogen-bond acceptors (Lipinski definition) is 2. The van der Waals surface area contributed by atoms with Crippen molar-refractivity contribution in [2.75, 3.05) is 13.2 Å². The maximum Gasteiger partial charge on any atom is 0.251 e. The van der Waals surface area contributed by atoms with E-state index in [-0.39, 0.29) is 12.5 Å². The third kappa shape index (κ3) is 3.85. The van der Waals surface area contributed by atoms with Crippen molar-refractivity contribution < 1.29 is 9.90 Å². The maximum atomic E-state index is 12.1. The Bertz CT molecular complexity index is 562. The third-order valence-electron chi connectivity index (χ3n) is 3.73. The summed E-state index contributed by atoms with van der Waals surface area (Å²) in [6, 6.07) is 5.54. The second kappa shape index (κ2) is 6.11. The summed E-state index contributed by atoms with van der Waals surface area (Å²) >= 11 is 0. The van der Waals surface area contributed by atoms with Crippen LogP contribution < -0.4 is 5.32 Å². The first-order valence-electron chi connectivity index (χ1n) is 7.03. The number of carbonyl (C=O) groups excluding carboxylic acids is 1. The minimum Gasteiger partial charge on any atom is -0.395 e. The zero-order chi connectivity index (χ0) is 14.6. The van der Waals surface area contributed by atoms with E-state index in [1.165, 1.54) is 12.8 Å². The van der Waals surface area contributed by atoms with Gasteiger partial charge in [-0.1, -0.05) is 18.8 Å². The molecular formula is C17H21NO2. The lowest BCUT2D eigenvalue weighted by Gasteiger charge is -2.10. The molecule has 0 aliphatic heterocycles. The summed E-state index contributed by atoms with van der Waals surface area (Å²) in [6.07, 6.45) is 2.87. The van der Waals surface area contributed by atoms with Gasteiger partial charge in [0.1, 0.15) is 0 Å². The summed E-state index contributed by atoms with van der Waals surface area (Å²) in [5, 5.41) is 11.7. The number of benzene rings is 1. The monoisotopic (exact) mass is 271 g/mol. The smallest absolute Gasteiger partial charge is 0.251 e. The Hall–Kier alpha value is -1.79. The van der Waals surface area contributed by atoms with E-state index in [1.54, 1.807) is 6.07 Å². The number of rotatable bonds is 4. The first-order chi connectivity index (χ1) is 9.54. The highest BCUT2D eigenvalue weighted by molar-refractivity contribution is 5.94. The maximum absolute atomic E-state index is 12.1. The molecule has 0 radical (unpaired) electrons. The zero-order valence-corrected chi connectivity index (χ0v) is 12.1. The molecule has 0 heterocycles. The summed E-state index contributed by atoms with van der Waals surface area (Å²) in [5.74, 6) is 5.88. The van der Waals surface area contributed by atoms with Crippen LogP contribution in [0.15, 0.2) is 18.2 Å². The molecule has 20 heavy (non-hydrogen) atoms. The SMILES string of the molecule is Cc1cc(C(=O)NCC2(C)CC2)ccc1C#CCCO. The first kappa shape index (κ1) is 14.6. The Balaban J connectivity index is 2.00. The van der Waals surface area contributed by atoms with Gasteiger partial charge in [-0.3, -0.25) is 4.79 Å². The van der Waals surface area contributed by atoms with Gasteiger partial charge in [-0.05, 0) is 48.9 Å². The average molecular weight is 271 g/mol. The van der Waals surface area contributed by atoms with E-state index in [0.717, 1.165) is 17.7 Å². The quantitative estimate of drug-likeness (QED) is 0.825. The van der Waals surface area contributed by atoms with Gasteiger partial charge in [0.05, 0.1) is 6.61 Å². The number of nitrogens with one attached hydrogen (secondary N) is 1. The van der Waals surface area contributed by atoms with Gasteiger partial charge in [0.15, 0.2) is 0 Å². The lowest BCUT2D eigenvalue weighted by molar-refractivity contribution is 0.0946. The van der Waals surface area contributed by atoms with E-state index < -0.39 is 0 Å². The van der Waals surface area contributed by atoms with Crippen molar-refractivity contribution in [1.29, 1.82) is 0 Å². The van der Waals surface area contributed by atoms with Crippen molar-refractivity contribution in [2.24, 2.45) is 5.41 Å². The van der Waals surface area contributed by atoms with Crippen LogP contribution >= 0.6 is 0 Å². The molecule has 1 saturated carbocycles. The van der Waals surface area contributed by atoms with Gasteiger partial charge >= 0.3 is 0 Å². The van der Waals surface area contributed by atoms with Crippen LogP contribution in [0.1, 0.15) is 47.7 Å². The third-order valence-corrected chi connectivity index (χ3v) is 3.73. The van der Waals surface area contributed by atoms with Crippen molar-refractivity contribution in [3.63, 3.8) is 0 Å². The molecule has 1 aromatic rings. The van der Waals surface area contributed by atoms with E-state index >= 15 is 0 Å². The molecule has 1 aliphatic rings. The highest BCUT2D eigenvalue weighted by Gasteiger charge is 2.37. The molecule has 3 nitrogen and oxygen atoms in total. The highest BCUT2D eigenvalue weighted by Crippen LogP contribution is 2.44. The Kier molecular flexibility index (Phi) is 4.46. The van der Waals surface area contributed by atoms with Crippen LogP contribution in [0.2, 0.25) is 0 Å². The number of aryl methyl sites for hydroxylation is 1. The molecular weight excluding hydrogens is 250 g/mol. The molecule has 2 rings (SSSR count). The fraction of sp³-hybridized carbons (Fsp3) is 0.471. The molecule has 1 aliphatic carbocycles. The van der Waals surface area contributed by atoms with E-state index in [9.17, 15) is 4.79 Å². The summed E-state index contributed by atoms with van der Waals surface area (Å²) in [6.45, 7) is 4.97. The summed E-state index contributed by atoms with van der Waals surface area (Å²) in [5.41, 5.74) is 2.89. The molecule has 0 aromatic heterocycles. The number of hydrogen-bond donors (Lipinski definition) is 2. The van der Waals surface area contributed by atoms with Gasteiger partial charge in [-0.15, -0.1) is 0 Å². The molecule has 106 valence electrons. The van der Waals surface area contributed by atoms with Gasteiger partial charge < -0.3 is 10.4 Å². The largest absolute Gasteiger partial charge is 0.395 e. The fourth-order valence-electron chi connectivity index (χ4n) is 1.94. The van der Waals surface area contributed by atoms with Crippen molar-refractivity contribution >= 4 is 5.91 Å². The standard InChI is InChI=1S/C17H21NO2/c1-13-11-15(7-6-14(13)5-3-4-10-19)16(20)18-12-17(2)8-9-17/h6-7,11,19H,4,8-10,12H2,1-2H3,(H,18,20). The summed E-state index contributed by atoms with van der Waals surface area (Å²) < 4.78 is 0. The molecule has 0 atom stereocenters. The molecule has 1 amide bonds. The van der Waals surface area contributed by atoms with Gasteiger partial charge in [0.25, 0.3) is 5.91 Å². The highest BCUT2D eigenvalue weighted by atomic mass is 16.2. The Labute approximate surface area is 120 Å². The second-order valence-corrected chi connectivity index (χ2v) is 5.80. The molecule has 3 heteroatoms. The topological polar surface area (TPSA) is 49.3 Å². The number of carbonyl (C=O) groups is 1. The van der Waals surface area contributed by atoms with Crippen LogP contribution in [-0.4, -0.2) is 24.2 Å². The minimum atomic E-state index is -0.0175. The number of aliphatic hydroxyl groups excluding tert-OH is 1. The van der Waals surface area contributed by atoms with Gasteiger partial charge in [-0.2, -0.15) is 0 Å². The van der Waals surface area contributed by atoms with Crippen molar-refractivity contribution in [2.45, 2.75) is 33.1 Å². The molecule has 1 aromatic carbocycles. The van der Waals surface area contributed by atoms with Crippen LogP contribution in [-0.2, 0) is 0 Å². The Morgan fingerprint density at radius 1 is 1.45 bits per heavy atom. The molecule has 0 spiro atoms. The molecule has 0 saturated heterocycles. The van der Waals surface area contributed by atoms with E-state index in [2.05, 4.69) is 24.1 Å². The second-order valence-electron chi connectivity index (χ2n) is 5.80. The predicted octanol–water partition coefficient (Wildman–Crippen LogP) is 2.26. The number of aliphatic hydroxyl groups is 1. The van der Waals surface area contributed by atoms with E-state index in [1.807, 2.05) is 19.1 Å². The fourth-order valence-corrected chi connectivity index (χ4v) is 1.94. The average Bonchev–Trinajstić information content (AvgIpc) is 3.16. The minimum absolute atomic E-state index is 0.0175. The van der Waals surface area contributed by atoms with E-state index in [0.29, 0.717) is 17.4 Å². The zero-order valence-electron chi connectivity index (χ0n) is 12.1. The first-order valence-corrected chi connectivity index (χ1v) is 7.03. The van der Waals surface area contributed by atoms with Gasteiger partial charge in [-0.25, -0.2) is 0 Å². The van der Waals surface area contributed by atoms with Crippen LogP contribution in [0.3, 0.4) is 0 Å². The van der Waals surface area contributed by atoms with Crippen LogP contribution in [0.25, 0.3) is 0 Å². The Morgan fingerprint density at radius 2 is 2.20 bits per heavy atom. The van der Waals surface area contributed by atoms with Crippen LogP contribution in [0.4, 0.5) is 0 Å². The summed E-state index contributed by atoms with van der Waals surface area (Å²) in [7, 11) is 0.